The van der Waals surface area contributed by atoms with Crippen LogP contribution in [0.4, 0.5) is 10.5 Å². The molecule has 1 aromatic rings. The van der Waals surface area contributed by atoms with Crippen LogP contribution in [0.25, 0.3) is 0 Å². The van der Waals surface area contributed by atoms with Gasteiger partial charge in [0.2, 0.25) is 0 Å². The lowest BCUT2D eigenvalue weighted by Crippen LogP contribution is -2.45. The van der Waals surface area contributed by atoms with E-state index >= 15 is 0 Å². The maximum atomic E-state index is 12.1. The lowest BCUT2D eigenvalue weighted by molar-refractivity contribution is 0.212. The Morgan fingerprint density at radius 2 is 2.05 bits per heavy atom. The standard InChI is InChI=1S/C14H19Cl2N3O/c1-19(9-12-4-2-3-5-17-12)14(20)18-13-7-10(15)6-11(16)8-13/h6-8,12,17H,2-5,9H2,1H3,(H,18,20). The van der Waals surface area contributed by atoms with Gasteiger partial charge in [0.25, 0.3) is 0 Å². The van der Waals surface area contributed by atoms with Gasteiger partial charge in [-0.1, -0.05) is 29.6 Å². The summed E-state index contributed by atoms with van der Waals surface area (Å²) in [5, 5.41) is 7.23. The molecule has 4 nitrogen and oxygen atoms in total. The highest BCUT2D eigenvalue weighted by atomic mass is 35.5. The molecule has 1 aromatic carbocycles. The second-order valence-electron chi connectivity index (χ2n) is 5.12. The number of carbonyl (C=O) groups excluding carboxylic acids is 1. The van der Waals surface area contributed by atoms with Crippen molar-refractivity contribution in [3.05, 3.63) is 28.2 Å². The Morgan fingerprint density at radius 1 is 1.35 bits per heavy atom. The molecule has 1 fully saturated rings. The summed E-state index contributed by atoms with van der Waals surface area (Å²) >= 11 is 11.8. The molecule has 0 radical (unpaired) electrons. The summed E-state index contributed by atoms with van der Waals surface area (Å²) in [7, 11) is 1.79. The van der Waals surface area contributed by atoms with Crippen molar-refractivity contribution in [2.75, 3.05) is 25.5 Å². The predicted molar refractivity (Wildman–Crippen MR) is 83.8 cm³/mol. The van der Waals surface area contributed by atoms with Crippen LogP contribution in [0.15, 0.2) is 18.2 Å². The normalized spacial score (nSPS) is 18.6. The quantitative estimate of drug-likeness (QED) is 0.895. The minimum absolute atomic E-state index is 0.157. The molecule has 20 heavy (non-hydrogen) atoms. The molecular weight excluding hydrogens is 297 g/mol. The molecule has 110 valence electrons. The van der Waals surface area contributed by atoms with E-state index in [1.165, 1.54) is 12.8 Å². The zero-order chi connectivity index (χ0) is 14.5. The molecule has 1 heterocycles. The van der Waals surface area contributed by atoms with Crippen molar-refractivity contribution < 1.29 is 4.79 Å². The summed E-state index contributed by atoms with van der Waals surface area (Å²) in [5.41, 5.74) is 0.607. The van der Waals surface area contributed by atoms with Crippen LogP contribution in [0.3, 0.4) is 0 Å². The fourth-order valence-electron chi connectivity index (χ4n) is 2.34. The van der Waals surface area contributed by atoms with E-state index in [9.17, 15) is 4.79 Å². The molecule has 2 N–H and O–H groups in total. The summed E-state index contributed by atoms with van der Waals surface area (Å²) in [6.07, 6.45) is 3.55. The molecule has 0 aliphatic carbocycles. The van der Waals surface area contributed by atoms with Crippen molar-refractivity contribution in [1.29, 1.82) is 0 Å². The topological polar surface area (TPSA) is 44.4 Å². The fourth-order valence-corrected chi connectivity index (χ4v) is 2.86. The van der Waals surface area contributed by atoms with Crippen LogP contribution >= 0.6 is 23.2 Å². The summed E-state index contributed by atoms with van der Waals surface area (Å²) in [5.74, 6) is 0. The van der Waals surface area contributed by atoms with Crippen LogP contribution in [-0.4, -0.2) is 37.1 Å². The molecule has 0 bridgehead atoms. The number of nitrogens with zero attached hydrogens (tertiary/aromatic N) is 1. The van der Waals surface area contributed by atoms with E-state index in [1.54, 1.807) is 30.1 Å². The highest BCUT2D eigenvalue weighted by molar-refractivity contribution is 6.35. The maximum Gasteiger partial charge on any atom is 0.321 e. The number of halogens is 2. The third-order valence-corrected chi connectivity index (χ3v) is 3.80. The number of hydrogen-bond acceptors (Lipinski definition) is 2. The van der Waals surface area contributed by atoms with Gasteiger partial charge in [-0.15, -0.1) is 0 Å². The summed E-state index contributed by atoms with van der Waals surface area (Å²) in [6.45, 7) is 1.73. The first-order valence-corrected chi connectivity index (χ1v) is 7.52. The van der Waals surface area contributed by atoms with E-state index < -0.39 is 0 Å². The van der Waals surface area contributed by atoms with E-state index in [0.29, 0.717) is 28.3 Å². The summed E-state index contributed by atoms with van der Waals surface area (Å²) in [4.78, 5) is 13.8. The first kappa shape index (κ1) is 15.4. The van der Waals surface area contributed by atoms with Crippen molar-refractivity contribution in [1.82, 2.24) is 10.2 Å². The molecule has 2 rings (SSSR count). The van der Waals surface area contributed by atoms with Crippen molar-refractivity contribution >= 4 is 34.9 Å². The minimum atomic E-state index is -0.157. The van der Waals surface area contributed by atoms with Gasteiger partial charge in [-0.2, -0.15) is 0 Å². The number of nitrogens with one attached hydrogen (secondary N) is 2. The molecule has 1 aliphatic rings. The van der Waals surface area contributed by atoms with Crippen LogP contribution in [0, 0.1) is 0 Å². The Bertz CT molecular complexity index is 455. The zero-order valence-corrected chi connectivity index (χ0v) is 13.0. The smallest absolute Gasteiger partial charge is 0.321 e. The van der Waals surface area contributed by atoms with Gasteiger partial charge in [0.1, 0.15) is 0 Å². The highest BCUT2D eigenvalue weighted by Gasteiger charge is 2.17. The number of piperidine rings is 1. The van der Waals surface area contributed by atoms with Gasteiger partial charge in [0, 0.05) is 35.4 Å². The van der Waals surface area contributed by atoms with Crippen LogP contribution in [0.5, 0.6) is 0 Å². The van der Waals surface area contributed by atoms with Crippen molar-refractivity contribution in [2.45, 2.75) is 25.3 Å². The molecule has 1 saturated heterocycles. The molecule has 1 atom stereocenters. The summed E-state index contributed by atoms with van der Waals surface area (Å²) < 4.78 is 0. The Hall–Kier alpha value is -0.970. The van der Waals surface area contributed by atoms with Gasteiger partial charge in [0.15, 0.2) is 0 Å². The minimum Gasteiger partial charge on any atom is -0.326 e. The van der Waals surface area contributed by atoms with Crippen LogP contribution in [0.2, 0.25) is 10.0 Å². The number of rotatable bonds is 3. The predicted octanol–water partition coefficient (Wildman–Crippen LogP) is 3.60. The van der Waals surface area contributed by atoms with E-state index in [0.717, 1.165) is 13.0 Å². The molecular formula is C14H19Cl2N3O. The summed E-state index contributed by atoms with van der Waals surface area (Å²) in [6, 6.07) is 5.21. The average Bonchev–Trinajstić information content (AvgIpc) is 2.38. The fraction of sp³-hybridized carbons (Fsp3) is 0.500. The highest BCUT2D eigenvalue weighted by Crippen LogP contribution is 2.22. The Labute approximate surface area is 129 Å². The number of anilines is 1. The van der Waals surface area contributed by atoms with Crippen LogP contribution in [-0.2, 0) is 0 Å². The first-order valence-electron chi connectivity index (χ1n) is 6.76. The maximum absolute atomic E-state index is 12.1. The van der Waals surface area contributed by atoms with Gasteiger partial charge in [-0.05, 0) is 37.6 Å². The van der Waals surface area contributed by atoms with Gasteiger partial charge >= 0.3 is 6.03 Å². The Morgan fingerprint density at radius 3 is 2.65 bits per heavy atom. The molecule has 1 aliphatic heterocycles. The lowest BCUT2D eigenvalue weighted by Gasteiger charge is -2.28. The van der Waals surface area contributed by atoms with Gasteiger partial charge in [0.05, 0.1) is 0 Å². The lowest BCUT2D eigenvalue weighted by atomic mass is 10.0. The van der Waals surface area contributed by atoms with Crippen molar-refractivity contribution in [2.24, 2.45) is 0 Å². The molecule has 1 unspecified atom stereocenters. The monoisotopic (exact) mass is 315 g/mol. The third kappa shape index (κ3) is 4.54. The van der Waals surface area contributed by atoms with Gasteiger partial charge in [-0.25, -0.2) is 4.79 Å². The van der Waals surface area contributed by atoms with Crippen molar-refractivity contribution in [3.63, 3.8) is 0 Å². The number of carbonyl (C=O) groups is 1. The third-order valence-electron chi connectivity index (χ3n) is 3.37. The van der Waals surface area contributed by atoms with Crippen LogP contribution < -0.4 is 10.6 Å². The molecule has 0 aromatic heterocycles. The average molecular weight is 316 g/mol. The Balaban J connectivity index is 1.89. The van der Waals surface area contributed by atoms with Crippen molar-refractivity contribution in [3.8, 4) is 0 Å². The molecule has 0 saturated carbocycles. The van der Waals surface area contributed by atoms with E-state index in [-0.39, 0.29) is 6.03 Å². The van der Waals surface area contributed by atoms with Gasteiger partial charge < -0.3 is 15.5 Å². The van der Waals surface area contributed by atoms with E-state index in [1.807, 2.05) is 0 Å². The molecule has 2 amide bonds. The van der Waals surface area contributed by atoms with E-state index in [2.05, 4.69) is 10.6 Å². The zero-order valence-electron chi connectivity index (χ0n) is 11.5. The second-order valence-corrected chi connectivity index (χ2v) is 5.99. The molecule has 6 heteroatoms. The van der Waals surface area contributed by atoms with Gasteiger partial charge in [-0.3, -0.25) is 0 Å². The largest absolute Gasteiger partial charge is 0.326 e. The number of urea groups is 1. The SMILES string of the molecule is CN(CC1CCCCN1)C(=O)Nc1cc(Cl)cc(Cl)c1. The number of benzene rings is 1. The first-order chi connectivity index (χ1) is 9.54. The number of hydrogen-bond donors (Lipinski definition) is 2. The van der Waals surface area contributed by atoms with E-state index in [4.69, 9.17) is 23.2 Å². The molecule has 0 spiro atoms. The number of likely N-dealkylation sites (N-methyl/N-ethyl adjacent to an activating group) is 1. The Kier molecular flexibility index (Phi) is 5.52. The second kappa shape index (κ2) is 7.16. The van der Waals surface area contributed by atoms with Crippen LogP contribution in [0.1, 0.15) is 19.3 Å². The number of amides is 2.